The summed E-state index contributed by atoms with van der Waals surface area (Å²) in [5.41, 5.74) is 4.15. The number of nitrogens with one attached hydrogen (secondary N) is 1. The second kappa shape index (κ2) is 8.21. The van der Waals surface area contributed by atoms with Gasteiger partial charge in [0.2, 0.25) is 5.91 Å². The molecule has 0 aliphatic carbocycles. The molecular weight excluding hydrogens is 312 g/mol. The summed E-state index contributed by atoms with van der Waals surface area (Å²) in [7, 11) is 2.15. The molecule has 0 atom stereocenters. The Morgan fingerprint density at radius 2 is 1.92 bits per heavy atom. The minimum Gasteiger partial charge on any atom is -0.350 e. The van der Waals surface area contributed by atoms with Gasteiger partial charge < -0.3 is 10.2 Å². The van der Waals surface area contributed by atoms with Gasteiger partial charge in [-0.3, -0.25) is 14.8 Å². The first-order chi connectivity index (χ1) is 12.1. The summed E-state index contributed by atoms with van der Waals surface area (Å²) >= 11 is 0. The van der Waals surface area contributed by atoms with Crippen LogP contribution in [0.3, 0.4) is 0 Å². The molecule has 0 saturated carbocycles. The molecule has 0 spiro atoms. The molecular formula is C20H26N4O. The number of benzene rings is 1. The van der Waals surface area contributed by atoms with Gasteiger partial charge in [-0.15, -0.1) is 0 Å². The van der Waals surface area contributed by atoms with Gasteiger partial charge in [-0.1, -0.05) is 24.3 Å². The van der Waals surface area contributed by atoms with Gasteiger partial charge in [0, 0.05) is 18.3 Å². The van der Waals surface area contributed by atoms with Crippen molar-refractivity contribution in [3.05, 3.63) is 59.2 Å². The highest BCUT2D eigenvalue weighted by Gasteiger charge is 2.22. The third kappa shape index (κ3) is 4.63. The average molecular weight is 338 g/mol. The topological polar surface area (TPSA) is 58.1 Å². The number of likely N-dealkylation sites (tertiary alicyclic amines) is 1. The summed E-state index contributed by atoms with van der Waals surface area (Å²) in [5.74, 6) is 0.461. The van der Waals surface area contributed by atoms with Gasteiger partial charge in [0.05, 0.1) is 24.4 Å². The molecule has 2 heterocycles. The second-order valence-corrected chi connectivity index (χ2v) is 6.85. The Morgan fingerprint density at radius 3 is 2.68 bits per heavy atom. The van der Waals surface area contributed by atoms with Gasteiger partial charge in [0.1, 0.15) is 0 Å². The standard InChI is InChI=1S/C20H26N4O/c1-15-5-3-4-6-17(15)13-19(25)23-14-18-20(22-10-9-21-18)16-7-11-24(2)12-8-16/h3-6,9-10,16H,7-8,11-14H2,1-2H3,(H,23,25). The maximum atomic E-state index is 12.3. The Hall–Kier alpha value is -2.27. The van der Waals surface area contributed by atoms with Gasteiger partial charge in [0.25, 0.3) is 0 Å². The summed E-state index contributed by atoms with van der Waals surface area (Å²) < 4.78 is 0. The molecule has 1 aromatic heterocycles. The predicted molar refractivity (Wildman–Crippen MR) is 98.2 cm³/mol. The minimum absolute atomic E-state index is 0.0225. The number of rotatable bonds is 5. The fraction of sp³-hybridized carbons (Fsp3) is 0.450. The number of carbonyl (C=O) groups is 1. The molecule has 1 aromatic carbocycles. The zero-order valence-electron chi connectivity index (χ0n) is 15.0. The molecule has 25 heavy (non-hydrogen) atoms. The first kappa shape index (κ1) is 17.5. The number of hydrogen-bond acceptors (Lipinski definition) is 4. The maximum absolute atomic E-state index is 12.3. The molecule has 5 nitrogen and oxygen atoms in total. The number of hydrogen-bond donors (Lipinski definition) is 1. The molecule has 2 aromatic rings. The number of aromatic nitrogens is 2. The van der Waals surface area contributed by atoms with Crippen molar-refractivity contribution in [3.8, 4) is 0 Å². The fourth-order valence-electron chi connectivity index (χ4n) is 3.36. The van der Waals surface area contributed by atoms with E-state index in [1.807, 2.05) is 31.2 Å². The first-order valence-electron chi connectivity index (χ1n) is 8.93. The highest BCUT2D eigenvalue weighted by Crippen LogP contribution is 2.27. The van der Waals surface area contributed by atoms with Crippen molar-refractivity contribution < 1.29 is 4.79 Å². The quantitative estimate of drug-likeness (QED) is 0.910. The van der Waals surface area contributed by atoms with Crippen molar-refractivity contribution in [1.82, 2.24) is 20.2 Å². The number of amides is 1. The van der Waals surface area contributed by atoms with Crippen LogP contribution < -0.4 is 5.32 Å². The molecule has 0 bridgehead atoms. The fourth-order valence-corrected chi connectivity index (χ4v) is 3.36. The van der Waals surface area contributed by atoms with Crippen LogP contribution in [0.5, 0.6) is 0 Å². The highest BCUT2D eigenvalue weighted by molar-refractivity contribution is 5.78. The van der Waals surface area contributed by atoms with E-state index in [1.165, 1.54) is 0 Å². The van der Waals surface area contributed by atoms with Crippen molar-refractivity contribution in [2.45, 2.75) is 38.6 Å². The van der Waals surface area contributed by atoms with Crippen molar-refractivity contribution >= 4 is 5.91 Å². The molecule has 1 N–H and O–H groups in total. The second-order valence-electron chi connectivity index (χ2n) is 6.85. The van der Waals surface area contributed by atoms with Crippen LogP contribution in [-0.4, -0.2) is 40.9 Å². The first-order valence-corrected chi connectivity index (χ1v) is 8.93. The monoisotopic (exact) mass is 338 g/mol. The zero-order valence-corrected chi connectivity index (χ0v) is 15.0. The lowest BCUT2D eigenvalue weighted by molar-refractivity contribution is -0.120. The Balaban J connectivity index is 1.61. The smallest absolute Gasteiger partial charge is 0.224 e. The average Bonchev–Trinajstić information content (AvgIpc) is 2.63. The molecule has 1 saturated heterocycles. The maximum Gasteiger partial charge on any atom is 0.224 e. The number of piperidine rings is 1. The summed E-state index contributed by atoms with van der Waals surface area (Å²) in [6.45, 7) is 4.64. The van der Waals surface area contributed by atoms with E-state index in [1.54, 1.807) is 12.4 Å². The van der Waals surface area contributed by atoms with Crippen molar-refractivity contribution in [2.75, 3.05) is 20.1 Å². The van der Waals surface area contributed by atoms with Crippen LogP contribution in [-0.2, 0) is 17.8 Å². The Kier molecular flexibility index (Phi) is 5.76. The van der Waals surface area contributed by atoms with E-state index in [9.17, 15) is 4.79 Å². The van der Waals surface area contributed by atoms with Crippen LogP contribution in [0.25, 0.3) is 0 Å². The molecule has 0 unspecified atom stereocenters. The van der Waals surface area contributed by atoms with Gasteiger partial charge in [0.15, 0.2) is 0 Å². The van der Waals surface area contributed by atoms with Crippen LogP contribution in [0, 0.1) is 6.92 Å². The lowest BCUT2D eigenvalue weighted by Gasteiger charge is -2.29. The van der Waals surface area contributed by atoms with Gasteiger partial charge in [-0.25, -0.2) is 0 Å². The van der Waals surface area contributed by atoms with Crippen LogP contribution in [0.2, 0.25) is 0 Å². The molecule has 1 aliphatic heterocycles. The van der Waals surface area contributed by atoms with E-state index in [4.69, 9.17) is 0 Å². The van der Waals surface area contributed by atoms with E-state index in [-0.39, 0.29) is 5.91 Å². The Labute approximate surface area is 149 Å². The predicted octanol–water partition coefficient (Wildman–Crippen LogP) is 2.45. The van der Waals surface area contributed by atoms with Gasteiger partial charge in [-0.2, -0.15) is 0 Å². The molecule has 1 fully saturated rings. The summed E-state index contributed by atoms with van der Waals surface area (Å²) in [6.07, 6.45) is 6.06. The number of nitrogens with zero attached hydrogens (tertiary/aromatic N) is 3. The van der Waals surface area contributed by atoms with Crippen LogP contribution in [0.15, 0.2) is 36.7 Å². The van der Waals surface area contributed by atoms with Crippen molar-refractivity contribution in [1.29, 1.82) is 0 Å². The molecule has 3 rings (SSSR count). The van der Waals surface area contributed by atoms with Gasteiger partial charge >= 0.3 is 0 Å². The highest BCUT2D eigenvalue weighted by atomic mass is 16.1. The lowest BCUT2D eigenvalue weighted by atomic mass is 9.92. The molecule has 1 amide bonds. The lowest BCUT2D eigenvalue weighted by Crippen LogP contribution is -2.31. The molecule has 0 radical (unpaired) electrons. The summed E-state index contributed by atoms with van der Waals surface area (Å²) in [5, 5.41) is 3.01. The number of aryl methyl sites for hydroxylation is 1. The Morgan fingerprint density at radius 1 is 1.20 bits per heavy atom. The van der Waals surface area contributed by atoms with E-state index in [0.29, 0.717) is 18.9 Å². The van der Waals surface area contributed by atoms with Crippen molar-refractivity contribution in [3.63, 3.8) is 0 Å². The molecule has 5 heteroatoms. The van der Waals surface area contributed by atoms with E-state index < -0.39 is 0 Å². The van der Waals surface area contributed by atoms with Crippen molar-refractivity contribution in [2.24, 2.45) is 0 Å². The van der Waals surface area contributed by atoms with E-state index in [0.717, 1.165) is 48.4 Å². The SMILES string of the molecule is Cc1ccccc1CC(=O)NCc1nccnc1C1CCN(C)CC1. The number of carbonyl (C=O) groups excluding carboxylic acids is 1. The van der Waals surface area contributed by atoms with E-state index in [2.05, 4.69) is 27.2 Å². The zero-order chi connectivity index (χ0) is 17.6. The minimum atomic E-state index is 0.0225. The molecule has 132 valence electrons. The normalized spacial score (nSPS) is 15.9. The summed E-state index contributed by atoms with van der Waals surface area (Å²) in [6, 6.07) is 7.99. The third-order valence-corrected chi connectivity index (χ3v) is 4.98. The van der Waals surface area contributed by atoms with Gasteiger partial charge in [-0.05, 0) is 51.0 Å². The summed E-state index contributed by atoms with van der Waals surface area (Å²) in [4.78, 5) is 23.7. The largest absolute Gasteiger partial charge is 0.350 e. The van der Waals surface area contributed by atoms with Crippen LogP contribution in [0.1, 0.15) is 41.3 Å². The molecule has 1 aliphatic rings. The third-order valence-electron chi connectivity index (χ3n) is 4.98. The van der Waals surface area contributed by atoms with E-state index >= 15 is 0 Å². The Bertz CT molecular complexity index is 723. The van der Waals surface area contributed by atoms with Crippen LogP contribution in [0.4, 0.5) is 0 Å². The van der Waals surface area contributed by atoms with Crippen LogP contribution >= 0.6 is 0 Å².